The molecule has 1 unspecified atom stereocenters. The van der Waals surface area contributed by atoms with Crippen LogP contribution in [0.3, 0.4) is 0 Å². The summed E-state index contributed by atoms with van der Waals surface area (Å²) in [5, 5.41) is 9.25. The van der Waals surface area contributed by atoms with E-state index in [9.17, 15) is 5.11 Å². The van der Waals surface area contributed by atoms with Gasteiger partial charge in [0.2, 0.25) is 0 Å². The normalized spacial score (nSPS) is 24.3. The molecule has 0 spiro atoms. The van der Waals surface area contributed by atoms with E-state index in [4.69, 9.17) is 0 Å². The Kier molecular flexibility index (Phi) is 0.904. The summed E-state index contributed by atoms with van der Waals surface area (Å²) in [5.41, 5.74) is 2.37. The van der Waals surface area contributed by atoms with Crippen molar-refractivity contribution < 1.29 is 5.11 Å². The third-order valence-electron chi connectivity index (χ3n) is 1.91. The van der Waals surface area contributed by atoms with Crippen molar-refractivity contribution >= 4 is 0 Å². The number of aromatic nitrogens is 1. The molecule has 1 aliphatic carbocycles. The molecule has 1 aliphatic rings. The van der Waals surface area contributed by atoms with Crippen LogP contribution in [0, 0.1) is 0 Å². The molecule has 1 atom stereocenters. The van der Waals surface area contributed by atoms with Crippen LogP contribution in [-0.4, -0.2) is 10.1 Å². The summed E-state index contributed by atoms with van der Waals surface area (Å²) in [5.74, 6) is 0. The molecule has 0 radical (unpaired) electrons. The first-order valence-corrected chi connectivity index (χ1v) is 3.21. The number of hydrogen-bond acceptors (Lipinski definition) is 1. The molecule has 0 bridgehead atoms. The van der Waals surface area contributed by atoms with E-state index in [-0.39, 0.29) is 6.10 Å². The van der Waals surface area contributed by atoms with E-state index in [1.165, 1.54) is 5.56 Å². The molecular weight excluding hydrogens is 114 g/mol. The van der Waals surface area contributed by atoms with Crippen LogP contribution in [0.2, 0.25) is 0 Å². The molecule has 0 saturated carbocycles. The zero-order valence-corrected chi connectivity index (χ0v) is 5.09. The highest BCUT2D eigenvalue weighted by atomic mass is 16.3. The van der Waals surface area contributed by atoms with Gasteiger partial charge in [-0.05, 0) is 18.4 Å². The van der Waals surface area contributed by atoms with Crippen LogP contribution in [0.15, 0.2) is 12.4 Å². The minimum atomic E-state index is -0.203. The van der Waals surface area contributed by atoms with Crippen molar-refractivity contribution in [3.05, 3.63) is 23.5 Å². The van der Waals surface area contributed by atoms with Gasteiger partial charge in [-0.1, -0.05) is 0 Å². The number of aryl methyl sites for hydroxylation is 1. The predicted molar refractivity (Wildman–Crippen MR) is 34.1 cm³/mol. The Morgan fingerprint density at radius 3 is 3.22 bits per heavy atom. The minimum absolute atomic E-state index is 0.203. The van der Waals surface area contributed by atoms with Crippen molar-refractivity contribution in [2.75, 3.05) is 0 Å². The van der Waals surface area contributed by atoms with E-state index in [1.54, 1.807) is 0 Å². The zero-order chi connectivity index (χ0) is 6.27. The van der Waals surface area contributed by atoms with Crippen molar-refractivity contribution in [1.29, 1.82) is 0 Å². The maximum atomic E-state index is 9.25. The SMILES string of the molecule is OC1CCc2c[nH]cc21. The number of nitrogens with one attached hydrogen (secondary N) is 1. The number of aliphatic hydroxyl groups excluding tert-OH is 1. The highest BCUT2D eigenvalue weighted by Gasteiger charge is 2.19. The molecule has 0 amide bonds. The quantitative estimate of drug-likeness (QED) is 0.530. The van der Waals surface area contributed by atoms with Crippen LogP contribution in [-0.2, 0) is 6.42 Å². The van der Waals surface area contributed by atoms with E-state index < -0.39 is 0 Å². The Labute approximate surface area is 53.5 Å². The summed E-state index contributed by atoms with van der Waals surface area (Å²) in [6, 6.07) is 0. The van der Waals surface area contributed by atoms with E-state index in [2.05, 4.69) is 4.98 Å². The lowest BCUT2D eigenvalue weighted by molar-refractivity contribution is 0.180. The number of hydrogen-bond donors (Lipinski definition) is 2. The molecule has 1 aromatic rings. The van der Waals surface area contributed by atoms with Gasteiger partial charge in [0, 0.05) is 18.0 Å². The first-order valence-electron chi connectivity index (χ1n) is 3.21. The Morgan fingerprint density at radius 1 is 1.56 bits per heavy atom. The maximum Gasteiger partial charge on any atom is 0.0810 e. The number of fused-ring (bicyclic) bond motifs is 1. The van der Waals surface area contributed by atoms with Crippen molar-refractivity contribution in [3.63, 3.8) is 0 Å². The second-order valence-corrected chi connectivity index (χ2v) is 2.49. The summed E-state index contributed by atoms with van der Waals surface area (Å²) in [7, 11) is 0. The summed E-state index contributed by atoms with van der Waals surface area (Å²) < 4.78 is 0. The van der Waals surface area contributed by atoms with Gasteiger partial charge in [0.05, 0.1) is 6.10 Å². The van der Waals surface area contributed by atoms with Gasteiger partial charge in [0.25, 0.3) is 0 Å². The Balaban J connectivity index is 2.49. The minimum Gasteiger partial charge on any atom is -0.388 e. The molecule has 2 nitrogen and oxygen atoms in total. The summed E-state index contributed by atoms with van der Waals surface area (Å²) in [6.45, 7) is 0. The Morgan fingerprint density at radius 2 is 2.44 bits per heavy atom. The van der Waals surface area contributed by atoms with Gasteiger partial charge in [-0.3, -0.25) is 0 Å². The number of rotatable bonds is 0. The molecule has 0 fully saturated rings. The molecule has 9 heavy (non-hydrogen) atoms. The van der Waals surface area contributed by atoms with Crippen molar-refractivity contribution in [2.24, 2.45) is 0 Å². The van der Waals surface area contributed by atoms with Crippen LogP contribution in [0.4, 0.5) is 0 Å². The molecule has 2 rings (SSSR count). The van der Waals surface area contributed by atoms with E-state index in [0.717, 1.165) is 18.4 Å². The van der Waals surface area contributed by atoms with Crippen molar-refractivity contribution in [2.45, 2.75) is 18.9 Å². The van der Waals surface area contributed by atoms with Gasteiger partial charge in [-0.15, -0.1) is 0 Å². The van der Waals surface area contributed by atoms with Gasteiger partial charge < -0.3 is 10.1 Å². The van der Waals surface area contributed by atoms with Crippen molar-refractivity contribution in [3.8, 4) is 0 Å². The molecule has 0 saturated heterocycles. The molecule has 2 heteroatoms. The Hall–Kier alpha value is -0.760. The first kappa shape index (κ1) is 5.06. The fraction of sp³-hybridized carbons (Fsp3) is 0.429. The van der Waals surface area contributed by atoms with Gasteiger partial charge in [0.1, 0.15) is 0 Å². The lowest BCUT2D eigenvalue weighted by atomic mass is 10.2. The molecule has 0 aliphatic heterocycles. The van der Waals surface area contributed by atoms with E-state index in [1.807, 2.05) is 12.4 Å². The third-order valence-corrected chi connectivity index (χ3v) is 1.91. The second kappa shape index (κ2) is 1.61. The van der Waals surface area contributed by atoms with Crippen LogP contribution in [0.5, 0.6) is 0 Å². The maximum absolute atomic E-state index is 9.25. The third kappa shape index (κ3) is 0.598. The summed E-state index contributed by atoms with van der Waals surface area (Å²) in [6.07, 6.45) is 5.57. The Bertz CT molecular complexity index is 216. The van der Waals surface area contributed by atoms with Gasteiger partial charge in [-0.25, -0.2) is 0 Å². The number of aliphatic hydroxyl groups is 1. The van der Waals surface area contributed by atoms with E-state index >= 15 is 0 Å². The number of H-pyrrole nitrogens is 1. The largest absolute Gasteiger partial charge is 0.388 e. The smallest absolute Gasteiger partial charge is 0.0810 e. The predicted octanol–water partition coefficient (Wildman–Crippen LogP) is 0.994. The van der Waals surface area contributed by atoms with Gasteiger partial charge in [-0.2, -0.15) is 0 Å². The first-order chi connectivity index (χ1) is 4.38. The van der Waals surface area contributed by atoms with Crippen LogP contribution in [0.1, 0.15) is 23.7 Å². The topological polar surface area (TPSA) is 36.0 Å². The monoisotopic (exact) mass is 123 g/mol. The molecular formula is C7H9NO. The molecule has 2 N–H and O–H groups in total. The van der Waals surface area contributed by atoms with Gasteiger partial charge >= 0.3 is 0 Å². The highest BCUT2D eigenvalue weighted by molar-refractivity contribution is 5.29. The van der Waals surface area contributed by atoms with Crippen LogP contribution >= 0.6 is 0 Å². The highest BCUT2D eigenvalue weighted by Crippen LogP contribution is 2.29. The summed E-state index contributed by atoms with van der Waals surface area (Å²) in [4.78, 5) is 2.97. The van der Waals surface area contributed by atoms with Crippen LogP contribution < -0.4 is 0 Å². The fourth-order valence-electron chi connectivity index (χ4n) is 1.38. The summed E-state index contributed by atoms with van der Waals surface area (Å²) >= 11 is 0. The average Bonchev–Trinajstić information content (AvgIpc) is 2.35. The lowest BCUT2D eigenvalue weighted by Gasteiger charge is -1.95. The molecule has 48 valence electrons. The standard InChI is InChI=1S/C7H9NO/c9-7-2-1-5-3-8-4-6(5)7/h3-4,7-9H,1-2H2. The van der Waals surface area contributed by atoms with Crippen LogP contribution in [0.25, 0.3) is 0 Å². The lowest BCUT2D eigenvalue weighted by Crippen LogP contribution is -1.86. The zero-order valence-electron chi connectivity index (χ0n) is 5.09. The number of aromatic amines is 1. The second-order valence-electron chi connectivity index (χ2n) is 2.49. The fourth-order valence-corrected chi connectivity index (χ4v) is 1.38. The molecule has 1 aromatic heterocycles. The molecule has 1 heterocycles. The van der Waals surface area contributed by atoms with E-state index in [0.29, 0.717) is 0 Å². The van der Waals surface area contributed by atoms with Crippen molar-refractivity contribution in [1.82, 2.24) is 4.98 Å². The average molecular weight is 123 g/mol. The van der Waals surface area contributed by atoms with Gasteiger partial charge in [0.15, 0.2) is 0 Å². The molecule has 0 aromatic carbocycles.